The van der Waals surface area contributed by atoms with Crippen LogP contribution >= 0.6 is 11.3 Å². The molecule has 1 aliphatic heterocycles. The van der Waals surface area contributed by atoms with Crippen LogP contribution in [0.5, 0.6) is 0 Å². The molecule has 0 aromatic carbocycles. The highest BCUT2D eigenvalue weighted by atomic mass is 32.2. The van der Waals surface area contributed by atoms with Crippen LogP contribution in [0.1, 0.15) is 38.4 Å². The Kier molecular flexibility index (Phi) is 5.50. The van der Waals surface area contributed by atoms with E-state index in [1.165, 1.54) is 15.6 Å². The Morgan fingerprint density at radius 3 is 2.85 bits per heavy atom. The quantitative estimate of drug-likeness (QED) is 0.842. The van der Waals surface area contributed by atoms with Gasteiger partial charge in [0.1, 0.15) is 10.0 Å². The molecule has 1 amide bonds. The van der Waals surface area contributed by atoms with Crippen molar-refractivity contribution < 1.29 is 13.2 Å². The van der Waals surface area contributed by atoms with E-state index in [4.69, 9.17) is 0 Å². The summed E-state index contributed by atoms with van der Waals surface area (Å²) in [6.45, 7) is 6.54. The highest BCUT2D eigenvalue weighted by Gasteiger charge is 2.34. The highest BCUT2D eigenvalue weighted by Crippen LogP contribution is 2.27. The number of sulfonamides is 1. The molecule has 0 spiro atoms. The third-order valence-corrected chi connectivity index (χ3v) is 7.68. The summed E-state index contributed by atoms with van der Waals surface area (Å²) in [4.78, 5) is 12.7. The van der Waals surface area contributed by atoms with Crippen LogP contribution in [0.2, 0.25) is 0 Å². The lowest BCUT2D eigenvalue weighted by Crippen LogP contribution is -2.43. The van der Waals surface area contributed by atoms with Gasteiger partial charge in [-0.05, 0) is 45.1 Å². The first-order chi connectivity index (χ1) is 12.3. The number of carbonyl (C=O) groups is 1. The highest BCUT2D eigenvalue weighted by molar-refractivity contribution is 7.91. The van der Waals surface area contributed by atoms with Crippen molar-refractivity contribution in [3.63, 3.8) is 0 Å². The molecule has 0 unspecified atom stereocenters. The molecule has 3 rings (SSSR count). The van der Waals surface area contributed by atoms with E-state index < -0.39 is 10.0 Å². The molecule has 0 radical (unpaired) electrons. The first-order valence-electron chi connectivity index (χ1n) is 8.69. The van der Waals surface area contributed by atoms with Crippen molar-refractivity contribution in [3.05, 3.63) is 29.3 Å². The lowest BCUT2D eigenvalue weighted by Gasteiger charge is -2.30. The molecular formula is C17H24N4O3S2. The fourth-order valence-corrected chi connectivity index (χ4v) is 5.81. The Balaban J connectivity index is 1.73. The van der Waals surface area contributed by atoms with Crippen LogP contribution in [-0.4, -0.2) is 41.5 Å². The van der Waals surface area contributed by atoms with Gasteiger partial charge in [-0.3, -0.25) is 4.79 Å². The Morgan fingerprint density at radius 2 is 2.19 bits per heavy atom. The smallest absolute Gasteiger partial charge is 0.252 e. The largest absolute Gasteiger partial charge is 0.311 e. The van der Waals surface area contributed by atoms with Gasteiger partial charge in [-0.2, -0.15) is 9.40 Å². The van der Waals surface area contributed by atoms with Gasteiger partial charge in [0.15, 0.2) is 0 Å². The number of aryl methyl sites for hydroxylation is 1. The van der Waals surface area contributed by atoms with Crippen molar-refractivity contribution >= 4 is 33.1 Å². The molecule has 1 N–H and O–H groups in total. The zero-order chi connectivity index (χ0) is 18.9. The number of hydrogen-bond donors (Lipinski definition) is 1. The number of aromatic nitrogens is 2. The molecule has 0 bridgehead atoms. The van der Waals surface area contributed by atoms with Gasteiger partial charge in [0, 0.05) is 25.2 Å². The van der Waals surface area contributed by atoms with Crippen molar-refractivity contribution in [2.75, 3.05) is 18.4 Å². The Labute approximate surface area is 158 Å². The zero-order valence-electron chi connectivity index (χ0n) is 15.2. The van der Waals surface area contributed by atoms with Crippen molar-refractivity contribution in [1.82, 2.24) is 14.1 Å². The number of piperidine rings is 1. The van der Waals surface area contributed by atoms with Crippen LogP contribution in [0.4, 0.5) is 5.82 Å². The van der Waals surface area contributed by atoms with Crippen LogP contribution in [0.15, 0.2) is 27.8 Å². The van der Waals surface area contributed by atoms with E-state index in [2.05, 4.69) is 10.4 Å². The van der Waals surface area contributed by atoms with Gasteiger partial charge in [-0.25, -0.2) is 13.1 Å². The second-order valence-corrected chi connectivity index (χ2v) is 9.95. The first-order valence-corrected chi connectivity index (χ1v) is 11.0. The number of hydrogen-bond acceptors (Lipinski definition) is 5. The molecule has 1 fully saturated rings. The topological polar surface area (TPSA) is 84.3 Å². The summed E-state index contributed by atoms with van der Waals surface area (Å²) >= 11 is 1.20. The average Bonchev–Trinajstić information content (AvgIpc) is 3.25. The van der Waals surface area contributed by atoms with Gasteiger partial charge >= 0.3 is 0 Å². The van der Waals surface area contributed by atoms with Crippen LogP contribution in [0.25, 0.3) is 0 Å². The molecular weight excluding hydrogens is 372 g/mol. The number of nitrogens with one attached hydrogen (secondary N) is 1. The Bertz CT molecular complexity index is 872. The number of amides is 1. The van der Waals surface area contributed by atoms with Gasteiger partial charge in [-0.15, -0.1) is 11.3 Å². The molecule has 3 heterocycles. The predicted molar refractivity (Wildman–Crippen MR) is 102 cm³/mol. The molecule has 1 aliphatic rings. The maximum absolute atomic E-state index is 12.7. The SMILES string of the molecule is Cc1cc(NC(=O)[C@@H]2CCCN(S(=O)(=O)c3cccs3)C2)n(C(C)C)n1. The van der Waals surface area contributed by atoms with Gasteiger partial charge in [-0.1, -0.05) is 6.07 Å². The maximum Gasteiger partial charge on any atom is 0.252 e. The molecule has 26 heavy (non-hydrogen) atoms. The zero-order valence-corrected chi connectivity index (χ0v) is 16.8. The minimum Gasteiger partial charge on any atom is -0.311 e. The molecule has 2 aromatic rings. The van der Waals surface area contributed by atoms with Gasteiger partial charge in [0.25, 0.3) is 10.0 Å². The molecule has 1 atom stereocenters. The summed E-state index contributed by atoms with van der Waals surface area (Å²) in [7, 11) is -3.52. The van der Waals surface area contributed by atoms with Crippen LogP contribution < -0.4 is 5.32 Å². The van der Waals surface area contributed by atoms with Crippen LogP contribution in [0, 0.1) is 12.8 Å². The number of nitrogens with zero attached hydrogens (tertiary/aromatic N) is 3. The fourth-order valence-electron chi connectivity index (χ4n) is 3.14. The van der Waals surface area contributed by atoms with Crippen LogP contribution in [-0.2, 0) is 14.8 Å². The molecule has 1 saturated heterocycles. The second-order valence-electron chi connectivity index (χ2n) is 6.83. The number of carbonyl (C=O) groups excluding carboxylic acids is 1. The third-order valence-electron chi connectivity index (χ3n) is 4.44. The van der Waals surface area contributed by atoms with E-state index >= 15 is 0 Å². The Morgan fingerprint density at radius 1 is 1.42 bits per heavy atom. The number of thiophene rings is 1. The number of rotatable bonds is 5. The van der Waals surface area contributed by atoms with Crippen molar-refractivity contribution in [2.24, 2.45) is 5.92 Å². The summed E-state index contributed by atoms with van der Waals surface area (Å²) in [5, 5.41) is 9.07. The van der Waals surface area contributed by atoms with Crippen LogP contribution in [0.3, 0.4) is 0 Å². The van der Waals surface area contributed by atoms with E-state index in [0.29, 0.717) is 29.4 Å². The van der Waals surface area contributed by atoms with Crippen molar-refractivity contribution in [1.29, 1.82) is 0 Å². The van der Waals surface area contributed by atoms with E-state index in [1.54, 1.807) is 22.2 Å². The molecule has 142 valence electrons. The van der Waals surface area contributed by atoms with Crippen molar-refractivity contribution in [3.8, 4) is 0 Å². The van der Waals surface area contributed by atoms with E-state index in [1.807, 2.05) is 26.8 Å². The normalized spacial score (nSPS) is 19.0. The summed E-state index contributed by atoms with van der Waals surface area (Å²) in [5.74, 6) is 0.132. The third kappa shape index (κ3) is 3.84. The minimum absolute atomic E-state index is 0.126. The molecule has 9 heteroatoms. The van der Waals surface area contributed by atoms with Gasteiger partial charge < -0.3 is 5.32 Å². The maximum atomic E-state index is 12.7. The minimum atomic E-state index is -3.52. The van der Waals surface area contributed by atoms with Gasteiger partial charge in [0.2, 0.25) is 5.91 Å². The lowest BCUT2D eigenvalue weighted by molar-refractivity contribution is -0.120. The fraction of sp³-hybridized carbons (Fsp3) is 0.529. The molecule has 7 nitrogen and oxygen atoms in total. The summed E-state index contributed by atoms with van der Waals surface area (Å²) in [6, 6.07) is 5.29. The first kappa shape index (κ1) is 19.1. The monoisotopic (exact) mass is 396 g/mol. The van der Waals surface area contributed by atoms with Crippen molar-refractivity contribution in [2.45, 2.75) is 43.9 Å². The van der Waals surface area contributed by atoms with E-state index in [-0.39, 0.29) is 24.4 Å². The summed E-state index contributed by atoms with van der Waals surface area (Å²) < 4.78 is 29.0. The van der Waals surface area contributed by atoms with E-state index in [9.17, 15) is 13.2 Å². The standard InChI is InChI=1S/C17H24N4O3S2/c1-12(2)21-15(10-13(3)19-21)18-17(22)14-6-4-8-20(11-14)26(23,24)16-7-5-9-25-16/h5,7,9-10,12,14H,4,6,8,11H2,1-3H3,(H,18,22)/t14-/m1/s1. The Hall–Kier alpha value is -1.71. The lowest BCUT2D eigenvalue weighted by atomic mass is 9.99. The van der Waals surface area contributed by atoms with E-state index in [0.717, 1.165) is 5.69 Å². The summed E-state index contributed by atoms with van der Waals surface area (Å²) in [6.07, 6.45) is 1.35. The molecule has 0 saturated carbocycles. The predicted octanol–water partition coefficient (Wildman–Crippen LogP) is 2.87. The number of anilines is 1. The molecule has 0 aliphatic carbocycles. The summed E-state index contributed by atoms with van der Waals surface area (Å²) in [5.41, 5.74) is 0.833. The average molecular weight is 397 g/mol. The second kappa shape index (κ2) is 7.50. The van der Waals surface area contributed by atoms with Gasteiger partial charge in [0.05, 0.1) is 11.6 Å². The molecule has 2 aromatic heterocycles.